The van der Waals surface area contributed by atoms with Gasteiger partial charge in [0.25, 0.3) is 0 Å². The van der Waals surface area contributed by atoms with Crippen LogP contribution in [0.4, 0.5) is 0 Å². The number of carboxylic acid groups (broad SMARTS) is 1. The van der Waals surface area contributed by atoms with E-state index in [1.54, 1.807) is 6.07 Å². The second kappa shape index (κ2) is 5.56. The van der Waals surface area contributed by atoms with Crippen molar-refractivity contribution >= 4 is 5.97 Å². The zero-order valence-corrected chi connectivity index (χ0v) is 11.0. The molecule has 0 aliphatic heterocycles. The van der Waals surface area contributed by atoms with Crippen molar-refractivity contribution < 1.29 is 14.6 Å². The monoisotopic (exact) mass is 260 g/mol. The molecule has 0 bridgehead atoms. The Morgan fingerprint density at radius 3 is 2.47 bits per heavy atom. The van der Waals surface area contributed by atoms with Crippen LogP contribution in [0.1, 0.15) is 24.3 Å². The standard InChI is InChI=1S/C14H16N2O3/c1-3-16-13(14(17)18)9-12(15-16)10-5-7-11(8-6-10)19-4-2/h5-9H,3-4H2,1-2H3,(H,17,18). The second-order valence-corrected chi connectivity index (χ2v) is 3.99. The SMILES string of the molecule is CCOc1ccc(-c2cc(C(=O)O)n(CC)n2)cc1. The summed E-state index contributed by atoms with van der Waals surface area (Å²) in [5.74, 6) is -0.175. The van der Waals surface area contributed by atoms with Crippen LogP contribution in [0.15, 0.2) is 30.3 Å². The van der Waals surface area contributed by atoms with E-state index in [2.05, 4.69) is 5.10 Å². The van der Waals surface area contributed by atoms with Crippen LogP contribution >= 0.6 is 0 Å². The van der Waals surface area contributed by atoms with E-state index in [0.29, 0.717) is 18.8 Å². The Hall–Kier alpha value is -2.30. The molecule has 0 saturated heterocycles. The number of aromatic carboxylic acids is 1. The molecule has 2 aromatic rings. The third-order valence-electron chi connectivity index (χ3n) is 2.76. The molecule has 2 rings (SSSR count). The maximum absolute atomic E-state index is 11.1. The maximum atomic E-state index is 11.1. The van der Waals surface area contributed by atoms with Crippen molar-refractivity contribution in [3.8, 4) is 17.0 Å². The van der Waals surface area contributed by atoms with Crippen molar-refractivity contribution in [3.05, 3.63) is 36.0 Å². The Morgan fingerprint density at radius 1 is 1.32 bits per heavy atom. The lowest BCUT2D eigenvalue weighted by Gasteiger charge is -2.03. The number of rotatable bonds is 5. The van der Waals surface area contributed by atoms with Crippen LogP contribution in [0.25, 0.3) is 11.3 Å². The number of benzene rings is 1. The highest BCUT2D eigenvalue weighted by Crippen LogP contribution is 2.22. The Labute approximate surface area is 111 Å². The largest absolute Gasteiger partial charge is 0.494 e. The van der Waals surface area contributed by atoms with Gasteiger partial charge in [0.15, 0.2) is 0 Å². The number of carbonyl (C=O) groups is 1. The molecule has 19 heavy (non-hydrogen) atoms. The van der Waals surface area contributed by atoms with Crippen molar-refractivity contribution in [1.29, 1.82) is 0 Å². The minimum atomic E-state index is -0.966. The van der Waals surface area contributed by atoms with E-state index in [9.17, 15) is 4.79 Å². The molecule has 0 aliphatic carbocycles. The van der Waals surface area contributed by atoms with Crippen LogP contribution in [0.2, 0.25) is 0 Å². The molecule has 1 aromatic carbocycles. The van der Waals surface area contributed by atoms with Gasteiger partial charge in [-0.05, 0) is 44.2 Å². The van der Waals surface area contributed by atoms with Gasteiger partial charge in [0.1, 0.15) is 11.4 Å². The first-order valence-electron chi connectivity index (χ1n) is 6.20. The van der Waals surface area contributed by atoms with Gasteiger partial charge in [-0.3, -0.25) is 4.68 Å². The van der Waals surface area contributed by atoms with Crippen molar-refractivity contribution in [3.63, 3.8) is 0 Å². The van der Waals surface area contributed by atoms with Gasteiger partial charge in [0, 0.05) is 12.1 Å². The fraction of sp³-hybridized carbons (Fsp3) is 0.286. The third-order valence-corrected chi connectivity index (χ3v) is 2.76. The van der Waals surface area contributed by atoms with Crippen LogP contribution in [0.5, 0.6) is 5.75 Å². The fourth-order valence-corrected chi connectivity index (χ4v) is 1.86. The molecular weight excluding hydrogens is 244 g/mol. The lowest BCUT2D eigenvalue weighted by molar-refractivity contribution is 0.0683. The Morgan fingerprint density at radius 2 is 2.00 bits per heavy atom. The van der Waals surface area contributed by atoms with E-state index in [0.717, 1.165) is 11.3 Å². The molecule has 0 atom stereocenters. The predicted molar refractivity (Wildman–Crippen MR) is 71.5 cm³/mol. The number of hydrogen-bond acceptors (Lipinski definition) is 3. The van der Waals surface area contributed by atoms with Gasteiger partial charge in [-0.25, -0.2) is 4.79 Å². The van der Waals surface area contributed by atoms with Gasteiger partial charge in [0.2, 0.25) is 0 Å². The third kappa shape index (κ3) is 2.76. The van der Waals surface area contributed by atoms with E-state index in [1.165, 1.54) is 4.68 Å². The van der Waals surface area contributed by atoms with Crippen molar-refractivity contribution in [2.24, 2.45) is 0 Å². The average molecular weight is 260 g/mol. The molecule has 100 valence electrons. The summed E-state index contributed by atoms with van der Waals surface area (Å²) in [7, 11) is 0. The van der Waals surface area contributed by atoms with E-state index in [4.69, 9.17) is 9.84 Å². The van der Waals surface area contributed by atoms with Crippen LogP contribution in [-0.2, 0) is 6.54 Å². The smallest absolute Gasteiger partial charge is 0.354 e. The molecule has 0 aliphatic rings. The number of ether oxygens (including phenoxy) is 1. The maximum Gasteiger partial charge on any atom is 0.354 e. The normalized spacial score (nSPS) is 10.4. The van der Waals surface area contributed by atoms with Crippen LogP contribution in [0.3, 0.4) is 0 Å². The summed E-state index contributed by atoms with van der Waals surface area (Å²) in [6, 6.07) is 9.04. The molecule has 0 amide bonds. The van der Waals surface area contributed by atoms with Crippen molar-refractivity contribution in [1.82, 2.24) is 9.78 Å². The quantitative estimate of drug-likeness (QED) is 0.897. The van der Waals surface area contributed by atoms with Gasteiger partial charge in [-0.2, -0.15) is 5.10 Å². The van der Waals surface area contributed by atoms with Crippen molar-refractivity contribution in [2.45, 2.75) is 20.4 Å². The summed E-state index contributed by atoms with van der Waals surface area (Å²) >= 11 is 0. The predicted octanol–water partition coefficient (Wildman–Crippen LogP) is 2.67. The minimum absolute atomic E-state index is 0.200. The highest BCUT2D eigenvalue weighted by atomic mass is 16.5. The van der Waals surface area contributed by atoms with Gasteiger partial charge >= 0.3 is 5.97 Å². The van der Waals surface area contributed by atoms with E-state index in [1.807, 2.05) is 38.1 Å². The van der Waals surface area contributed by atoms with Crippen LogP contribution in [-0.4, -0.2) is 27.5 Å². The summed E-state index contributed by atoms with van der Waals surface area (Å²) in [5, 5.41) is 13.4. The molecule has 0 radical (unpaired) electrons. The number of aromatic nitrogens is 2. The van der Waals surface area contributed by atoms with Gasteiger partial charge < -0.3 is 9.84 Å². The molecule has 5 heteroatoms. The zero-order chi connectivity index (χ0) is 13.8. The number of carboxylic acids is 1. The number of nitrogens with zero attached hydrogens (tertiary/aromatic N) is 2. The summed E-state index contributed by atoms with van der Waals surface area (Å²) < 4.78 is 6.85. The van der Waals surface area contributed by atoms with Gasteiger partial charge in [-0.15, -0.1) is 0 Å². The lowest BCUT2D eigenvalue weighted by Crippen LogP contribution is -2.07. The van der Waals surface area contributed by atoms with Crippen molar-refractivity contribution in [2.75, 3.05) is 6.61 Å². The zero-order valence-electron chi connectivity index (χ0n) is 11.0. The van der Waals surface area contributed by atoms with E-state index >= 15 is 0 Å². The molecule has 1 N–H and O–H groups in total. The molecule has 5 nitrogen and oxygen atoms in total. The summed E-state index contributed by atoms with van der Waals surface area (Å²) in [6.45, 7) is 4.93. The molecule has 1 heterocycles. The molecular formula is C14H16N2O3. The Bertz CT molecular complexity index is 573. The highest BCUT2D eigenvalue weighted by molar-refractivity contribution is 5.87. The first kappa shape index (κ1) is 13.1. The highest BCUT2D eigenvalue weighted by Gasteiger charge is 2.14. The summed E-state index contributed by atoms with van der Waals surface area (Å²) in [6.07, 6.45) is 0. The molecule has 0 unspecified atom stereocenters. The fourth-order valence-electron chi connectivity index (χ4n) is 1.86. The lowest BCUT2D eigenvalue weighted by atomic mass is 10.1. The Balaban J connectivity index is 2.33. The summed E-state index contributed by atoms with van der Waals surface area (Å²) in [4.78, 5) is 11.1. The van der Waals surface area contributed by atoms with Gasteiger partial charge in [0.05, 0.1) is 12.3 Å². The second-order valence-electron chi connectivity index (χ2n) is 3.99. The van der Waals surface area contributed by atoms with E-state index < -0.39 is 5.97 Å². The van der Waals surface area contributed by atoms with E-state index in [-0.39, 0.29) is 5.69 Å². The number of hydrogen-bond donors (Lipinski definition) is 1. The van der Waals surface area contributed by atoms with Crippen LogP contribution in [0, 0.1) is 0 Å². The molecule has 0 fully saturated rings. The first-order chi connectivity index (χ1) is 9.15. The Kier molecular flexibility index (Phi) is 3.85. The first-order valence-corrected chi connectivity index (χ1v) is 6.20. The minimum Gasteiger partial charge on any atom is -0.494 e. The average Bonchev–Trinajstić information content (AvgIpc) is 2.84. The number of aryl methyl sites for hydroxylation is 1. The molecule has 1 aromatic heterocycles. The molecule has 0 saturated carbocycles. The molecule has 0 spiro atoms. The van der Waals surface area contributed by atoms with Crippen LogP contribution < -0.4 is 4.74 Å². The topological polar surface area (TPSA) is 64.3 Å². The van der Waals surface area contributed by atoms with Gasteiger partial charge in [-0.1, -0.05) is 0 Å². The summed E-state index contributed by atoms with van der Waals surface area (Å²) in [5.41, 5.74) is 1.73.